The van der Waals surface area contributed by atoms with Crippen LogP contribution < -0.4 is 0 Å². The molecule has 1 aliphatic rings. The average molecular weight is 300 g/mol. The highest BCUT2D eigenvalue weighted by Crippen LogP contribution is 2.23. The van der Waals surface area contributed by atoms with E-state index < -0.39 is 15.8 Å². The summed E-state index contributed by atoms with van der Waals surface area (Å²) in [4.78, 5) is 13.4. The van der Waals surface area contributed by atoms with E-state index in [4.69, 9.17) is 0 Å². The Morgan fingerprint density at radius 3 is 2.55 bits per heavy atom. The van der Waals surface area contributed by atoms with E-state index in [1.54, 1.807) is 14.0 Å². The van der Waals surface area contributed by atoms with Gasteiger partial charge in [0, 0.05) is 19.6 Å². The van der Waals surface area contributed by atoms with Crippen LogP contribution in [0.4, 0.5) is 4.39 Å². The van der Waals surface area contributed by atoms with Crippen LogP contribution in [-0.4, -0.2) is 49.7 Å². The maximum Gasteiger partial charge on any atom is 0.243 e. The van der Waals surface area contributed by atoms with E-state index in [2.05, 4.69) is 0 Å². The largest absolute Gasteiger partial charge is 0.341 e. The topological polar surface area (TPSA) is 57.7 Å². The predicted octanol–water partition coefficient (Wildman–Crippen LogP) is 0.985. The van der Waals surface area contributed by atoms with Gasteiger partial charge in [0.1, 0.15) is 5.82 Å². The van der Waals surface area contributed by atoms with Gasteiger partial charge in [-0.25, -0.2) is 12.8 Å². The number of aryl methyl sites for hydroxylation is 1. The van der Waals surface area contributed by atoms with Gasteiger partial charge in [-0.05, 0) is 37.6 Å². The summed E-state index contributed by atoms with van der Waals surface area (Å²) in [5.41, 5.74) is 0.337. The maximum absolute atomic E-state index is 13.1. The molecule has 110 valence electrons. The van der Waals surface area contributed by atoms with Crippen molar-refractivity contribution in [2.75, 3.05) is 20.1 Å². The quantitative estimate of drug-likeness (QED) is 0.818. The molecule has 1 fully saturated rings. The summed E-state index contributed by atoms with van der Waals surface area (Å²) in [6, 6.07) is 3.34. The van der Waals surface area contributed by atoms with Crippen LogP contribution in [0.1, 0.15) is 12.5 Å². The lowest BCUT2D eigenvalue weighted by molar-refractivity contribution is -0.135. The van der Waals surface area contributed by atoms with Crippen LogP contribution in [0, 0.1) is 12.7 Å². The number of benzene rings is 1. The zero-order chi connectivity index (χ0) is 15.1. The lowest BCUT2D eigenvalue weighted by Gasteiger charge is -2.36. The summed E-state index contributed by atoms with van der Waals surface area (Å²) in [5, 5.41) is 0. The predicted molar refractivity (Wildman–Crippen MR) is 72.1 cm³/mol. The Kier molecular flexibility index (Phi) is 3.84. The molecule has 0 bridgehead atoms. The molecule has 1 atom stereocenters. The Morgan fingerprint density at radius 2 is 2.00 bits per heavy atom. The Morgan fingerprint density at radius 1 is 1.35 bits per heavy atom. The average Bonchev–Trinajstić information content (AvgIpc) is 2.34. The minimum atomic E-state index is -3.78. The highest BCUT2D eigenvalue weighted by molar-refractivity contribution is 7.89. The number of carbonyl (C=O) groups is 1. The van der Waals surface area contributed by atoms with Crippen molar-refractivity contribution < 1.29 is 17.6 Å². The molecule has 1 amide bonds. The van der Waals surface area contributed by atoms with Gasteiger partial charge in [-0.15, -0.1) is 0 Å². The standard InChI is InChI=1S/C13H17FN2O3S/c1-9-6-11(14)4-5-12(9)20(18,19)16-7-10(2)15(3)13(17)8-16/h4-6,10H,7-8H2,1-3H3/t10-/m0/s1. The number of carbonyl (C=O) groups excluding carboxylic acids is 1. The van der Waals surface area contributed by atoms with Crippen LogP contribution in [0.25, 0.3) is 0 Å². The molecule has 1 aliphatic heterocycles. The molecule has 0 N–H and O–H groups in total. The Balaban J connectivity index is 2.38. The molecule has 2 rings (SSSR count). The van der Waals surface area contributed by atoms with E-state index in [9.17, 15) is 17.6 Å². The third kappa shape index (κ3) is 2.55. The maximum atomic E-state index is 13.1. The van der Waals surface area contributed by atoms with Gasteiger partial charge in [0.25, 0.3) is 0 Å². The first-order chi connectivity index (χ1) is 9.23. The van der Waals surface area contributed by atoms with E-state index in [0.717, 1.165) is 10.4 Å². The number of halogens is 1. The number of likely N-dealkylation sites (N-methyl/N-ethyl adjacent to an activating group) is 1. The summed E-state index contributed by atoms with van der Waals surface area (Å²) in [5.74, 6) is -0.726. The smallest absolute Gasteiger partial charge is 0.243 e. The third-order valence-electron chi connectivity index (χ3n) is 3.59. The Bertz CT molecular complexity index is 645. The highest BCUT2D eigenvalue weighted by Gasteiger charge is 2.35. The second-order valence-electron chi connectivity index (χ2n) is 5.06. The van der Waals surface area contributed by atoms with Crippen LogP contribution >= 0.6 is 0 Å². The number of nitrogens with zero attached hydrogens (tertiary/aromatic N) is 2. The fourth-order valence-corrected chi connectivity index (χ4v) is 3.89. The van der Waals surface area contributed by atoms with Crippen LogP contribution in [0.2, 0.25) is 0 Å². The van der Waals surface area contributed by atoms with Crippen molar-refractivity contribution in [2.24, 2.45) is 0 Å². The molecule has 5 nitrogen and oxygen atoms in total. The van der Waals surface area contributed by atoms with Crippen LogP contribution in [0.3, 0.4) is 0 Å². The van der Waals surface area contributed by atoms with Crippen LogP contribution in [0.15, 0.2) is 23.1 Å². The van der Waals surface area contributed by atoms with E-state index in [1.807, 2.05) is 0 Å². The van der Waals surface area contributed by atoms with Crippen molar-refractivity contribution in [2.45, 2.75) is 24.8 Å². The van der Waals surface area contributed by atoms with Gasteiger partial charge >= 0.3 is 0 Å². The summed E-state index contributed by atoms with van der Waals surface area (Å²) in [6.45, 7) is 3.38. The number of hydrogen-bond acceptors (Lipinski definition) is 3. The fraction of sp³-hybridized carbons (Fsp3) is 0.462. The molecule has 0 spiro atoms. The number of piperazine rings is 1. The van der Waals surface area contributed by atoms with Gasteiger partial charge in [0.2, 0.25) is 15.9 Å². The molecular formula is C13H17FN2O3S. The molecular weight excluding hydrogens is 283 g/mol. The van der Waals surface area contributed by atoms with Crippen LogP contribution in [-0.2, 0) is 14.8 Å². The second-order valence-corrected chi connectivity index (χ2v) is 6.97. The molecule has 20 heavy (non-hydrogen) atoms. The van der Waals surface area contributed by atoms with E-state index in [-0.39, 0.29) is 29.9 Å². The third-order valence-corrected chi connectivity index (χ3v) is 5.56. The van der Waals surface area contributed by atoms with Gasteiger partial charge in [-0.1, -0.05) is 0 Å². The first-order valence-corrected chi connectivity index (χ1v) is 7.69. The van der Waals surface area contributed by atoms with Crippen molar-refractivity contribution in [3.63, 3.8) is 0 Å². The molecule has 1 saturated heterocycles. The normalized spacial score (nSPS) is 21.3. The summed E-state index contributed by atoms with van der Waals surface area (Å²) >= 11 is 0. The first-order valence-electron chi connectivity index (χ1n) is 6.25. The first kappa shape index (κ1) is 14.9. The van der Waals surface area contributed by atoms with E-state index in [0.29, 0.717) is 5.56 Å². The SMILES string of the molecule is Cc1cc(F)ccc1S(=O)(=O)N1CC(=O)N(C)[C@@H](C)C1. The van der Waals surface area contributed by atoms with Crippen molar-refractivity contribution in [3.8, 4) is 0 Å². The van der Waals surface area contributed by atoms with Crippen LogP contribution in [0.5, 0.6) is 0 Å². The van der Waals surface area contributed by atoms with Gasteiger partial charge in [-0.3, -0.25) is 4.79 Å². The van der Waals surface area contributed by atoms with Crippen molar-refractivity contribution in [1.82, 2.24) is 9.21 Å². The minimum absolute atomic E-state index is 0.0449. The van der Waals surface area contributed by atoms with Gasteiger partial charge in [-0.2, -0.15) is 4.31 Å². The lowest BCUT2D eigenvalue weighted by atomic mass is 10.2. The van der Waals surface area contributed by atoms with Gasteiger partial charge in [0.05, 0.1) is 11.4 Å². The monoisotopic (exact) mass is 300 g/mol. The molecule has 0 saturated carbocycles. The summed E-state index contributed by atoms with van der Waals surface area (Å²) in [7, 11) is -2.13. The van der Waals surface area contributed by atoms with Gasteiger partial charge in [0.15, 0.2) is 0 Å². The van der Waals surface area contributed by atoms with E-state index in [1.165, 1.54) is 24.0 Å². The fourth-order valence-electron chi connectivity index (χ4n) is 2.21. The van der Waals surface area contributed by atoms with Crippen molar-refractivity contribution in [3.05, 3.63) is 29.6 Å². The molecule has 7 heteroatoms. The molecule has 0 aliphatic carbocycles. The number of hydrogen-bond donors (Lipinski definition) is 0. The summed E-state index contributed by atoms with van der Waals surface area (Å²) in [6.07, 6.45) is 0. The molecule has 1 aromatic rings. The molecule has 0 aromatic heterocycles. The van der Waals surface area contributed by atoms with Crippen molar-refractivity contribution in [1.29, 1.82) is 0 Å². The Hall–Kier alpha value is -1.47. The minimum Gasteiger partial charge on any atom is -0.341 e. The molecule has 0 unspecified atom stereocenters. The second kappa shape index (κ2) is 5.14. The van der Waals surface area contributed by atoms with E-state index >= 15 is 0 Å². The molecule has 0 radical (unpaired) electrons. The zero-order valence-electron chi connectivity index (χ0n) is 11.6. The number of rotatable bonds is 2. The number of sulfonamides is 1. The van der Waals surface area contributed by atoms with Crippen molar-refractivity contribution >= 4 is 15.9 Å². The van der Waals surface area contributed by atoms with Gasteiger partial charge < -0.3 is 4.90 Å². The number of amides is 1. The highest BCUT2D eigenvalue weighted by atomic mass is 32.2. The lowest BCUT2D eigenvalue weighted by Crippen LogP contribution is -2.55. The zero-order valence-corrected chi connectivity index (χ0v) is 12.4. The molecule has 1 heterocycles. The summed E-state index contributed by atoms with van der Waals surface area (Å²) < 4.78 is 39.3. The molecule has 1 aromatic carbocycles. The Labute approximate surface area is 118 Å².